The molecule has 0 aliphatic carbocycles. The van der Waals surface area contributed by atoms with Crippen molar-refractivity contribution in [2.45, 2.75) is 6.92 Å². The van der Waals surface area contributed by atoms with Gasteiger partial charge in [0.05, 0.1) is 12.7 Å². The van der Waals surface area contributed by atoms with Gasteiger partial charge in [-0.3, -0.25) is 0 Å². The maximum Gasteiger partial charge on any atom is 0.102 e. The van der Waals surface area contributed by atoms with Crippen LogP contribution in [0.3, 0.4) is 0 Å². The monoisotopic (exact) mass is 125 g/mol. The first-order chi connectivity index (χ1) is 4.27. The van der Waals surface area contributed by atoms with Gasteiger partial charge in [0.2, 0.25) is 0 Å². The topological polar surface area (TPSA) is 23.1 Å². The average molecular weight is 125 g/mol. The summed E-state index contributed by atoms with van der Waals surface area (Å²) in [4.78, 5) is 0. The van der Waals surface area contributed by atoms with Gasteiger partial charge in [-0.2, -0.15) is 0 Å². The summed E-state index contributed by atoms with van der Waals surface area (Å²) in [7, 11) is 0. The van der Waals surface area contributed by atoms with Crippen molar-refractivity contribution in [2.24, 2.45) is 0 Å². The lowest BCUT2D eigenvalue weighted by Crippen LogP contribution is -2.36. The van der Waals surface area contributed by atoms with Crippen LogP contribution in [0.2, 0.25) is 0 Å². The number of quaternary nitrogens is 1. The van der Waals surface area contributed by atoms with Gasteiger partial charge in [-0.15, -0.1) is 0 Å². The summed E-state index contributed by atoms with van der Waals surface area (Å²) in [5.74, 6) is 0. The summed E-state index contributed by atoms with van der Waals surface area (Å²) in [5, 5.41) is 11.3. The number of hydrogen-bond acceptors (Lipinski definition) is 1. The van der Waals surface area contributed by atoms with Crippen LogP contribution >= 0.6 is 0 Å². The van der Waals surface area contributed by atoms with E-state index < -0.39 is 0 Å². The van der Waals surface area contributed by atoms with E-state index in [0.717, 1.165) is 0 Å². The largest absolute Gasteiger partial charge is 0.628 e. The van der Waals surface area contributed by atoms with E-state index in [0.29, 0.717) is 13.1 Å². The van der Waals surface area contributed by atoms with Gasteiger partial charge >= 0.3 is 0 Å². The van der Waals surface area contributed by atoms with Gasteiger partial charge < -0.3 is 9.85 Å². The molecule has 0 saturated carbocycles. The molecule has 0 aromatic rings. The molecule has 0 spiro atoms. The highest BCUT2D eigenvalue weighted by molar-refractivity contribution is 5.03. The van der Waals surface area contributed by atoms with Crippen LogP contribution in [-0.4, -0.2) is 17.7 Å². The van der Waals surface area contributed by atoms with E-state index in [9.17, 15) is 5.21 Å². The highest BCUT2D eigenvalue weighted by Crippen LogP contribution is 2.08. The van der Waals surface area contributed by atoms with E-state index in [1.54, 1.807) is 12.3 Å². The summed E-state index contributed by atoms with van der Waals surface area (Å²) >= 11 is 0. The van der Waals surface area contributed by atoms with Crippen molar-refractivity contribution in [3.05, 3.63) is 29.6 Å². The van der Waals surface area contributed by atoms with Crippen LogP contribution in [0.5, 0.6) is 0 Å². The summed E-state index contributed by atoms with van der Waals surface area (Å²) in [5.41, 5.74) is 0. The smallest absolute Gasteiger partial charge is 0.102 e. The van der Waals surface area contributed by atoms with Crippen molar-refractivity contribution >= 4 is 0 Å². The molecule has 1 unspecified atom stereocenters. The lowest BCUT2D eigenvalue weighted by atomic mass is 10.3. The lowest BCUT2D eigenvalue weighted by Gasteiger charge is -2.37. The van der Waals surface area contributed by atoms with Crippen molar-refractivity contribution in [2.75, 3.05) is 13.1 Å². The summed E-state index contributed by atoms with van der Waals surface area (Å²) in [6.07, 6.45) is 7.29. The molecule has 1 aliphatic rings. The summed E-state index contributed by atoms with van der Waals surface area (Å²) in [6.45, 7) is 3.12. The molecule has 1 rings (SSSR count). The zero-order valence-electron chi connectivity index (χ0n) is 5.58. The summed E-state index contributed by atoms with van der Waals surface area (Å²) in [6, 6.07) is 0. The number of hydroxylamine groups is 3. The first-order valence-electron chi connectivity index (χ1n) is 3.19. The Morgan fingerprint density at radius 3 is 2.67 bits per heavy atom. The third-order valence-electron chi connectivity index (χ3n) is 1.55. The van der Waals surface area contributed by atoms with Crippen LogP contribution in [0.1, 0.15) is 6.92 Å². The minimum Gasteiger partial charge on any atom is -0.628 e. The summed E-state index contributed by atoms with van der Waals surface area (Å²) < 4.78 is -0.198. The van der Waals surface area contributed by atoms with Gasteiger partial charge in [-0.1, -0.05) is 6.08 Å². The molecule has 50 valence electrons. The second-order valence-corrected chi connectivity index (χ2v) is 2.22. The second kappa shape index (κ2) is 2.33. The third kappa shape index (κ3) is 1.40. The second-order valence-electron chi connectivity index (χ2n) is 2.22. The molecular formula is C7H11NO. The standard InChI is InChI=1S/C7H11NO/c1-2-8(9)6-4-3-5-7-8/h3-6H,2,7H2,1H3. The van der Waals surface area contributed by atoms with Crippen molar-refractivity contribution in [3.8, 4) is 0 Å². The van der Waals surface area contributed by atoms with Crippen molar-refractivity contribution in [1.29, 1.82) is 0 Å². The number of likely N-dealkylation sites (N-methyl/N-ethyl adjacent to an activating group) is 1. The SMILES string of the molecule is CC[N+]1([O-])C=CC=CC1. The van der Waals surface area contributed by atoms with E-state index in [2.05, 4.69) is 0 Å². The molecule has 0 aromatic carbocycles. The van der Waals surface area contributed by atoms with Crippen LogP contribution in [0.15, 0.2) is 24.4 Å². The highest BCUT2D eigenvalue weighted by atomic mass is 16.5. The van der Waals surface area contributed by atoms with E-state index in [-0.39, 0.29) is 4.65 Å². The first-order valence-corrected chi connectivity index (χ1v) is 3.19. The minimum atomic E-state index is -0.198. The normalized spacial score (nSPS) is 33.1. The predicted molar refractivity (Wildman–Crippen MR) is 37.3 cm³/mol. The fourth-order valence-corrected chi connectivity index (χ4v) is 0.820. The predicted octanol–water partition coefficient (Wildman–Crippen LogP) is 1.40. The zero-order valence-corrected chi connectivity index (χ0v) is 5.58. The number of hydrogen-bond donors (Lipinski definition) is 0. The molecule has 0 fully saturated rings. The molecule has 0 saturated heterocycles. The lowest BCUT2D eigenvalue weighted by molar-refractivity contribution is -0.821. The highest BCUT2D eigenvalue weighted by Gasteiger charge is 2.08. The Kier molecular flexibility index (Phi) is 1.69. The van der Waals surface area contributed by atoms with Crippen LogP contribution in [-0.2, 0) is 0 Å². The van der Waals surface area contributed by atoms with Crippen LogP contribution < -0.4 is 0 Å². The fraction of sp³-hybridized carbons (Fsp3) is 0.429. The average Bonchev–Trinajstić information content (AvgIpc) is 1.90. The van der Waals surface area contributed by atoms with E-state index in [1.807, 2.05) is 19.1 Å². The molecule has 0 amide bonds. The Morgan fingerprint density at radius 2 is 2.33 bits per heavy atom. The van der Waals surface area contributed by atoms with Gasteiger partial charge in [0.1, 0.15) is 6.54 Å². The van der Waals surface area contributed by atoms with Crippen LogP contribution in [0, 0.1) is 5.21 Å². The Bertz CT molecular complexity index is 151. The van der Waals surface area contributed by atoms with E-state index in [4.69, 9.17) is 0 Å². The maximum atomic E-state index is 11.3. The molecule has 2 nitrogen and oxygen atoms in total. The fourth-order valence-electron chi connectivity index (χ4n) is 0.820. The molecule has 0 aromatic heterocycles. The van der Waals surface area contributed by atoms with Gasteiger partial charge in [0.15, 0.2) is 0 Å². The molecule has 1 heterocycles. The Labute approximate surface area is 55.3 Å². The van der Waals surface area contributed by atoms with Crippen molar-refractivity contribution < 1.29 is 4.65 Å². The van der Waals surface area contributed by atoms with Crippen molar-refractivity contribution in [1.82, 2.24) is 0 Å². The van der Waals surface area contributed by atoms with E-state index >= 15 is 0 Å². The maximum absolute atomic E-state index is 11.3. The molecular weight excluding hydrogens is 114 g/mol. The van der Waals surface area contributed by atoms with Crippen LogP contribution in [0.25, 0.3) is 0 Å². The van der Waals surface area contributed by atoms with Gasteiger partial charge in [0.25, 0.3) is 0 Å². The quantitative estimate of drug-likeness (QED) is 0.384. The zero-order chi connectivity index (χ0) is 6.74. The molecule has 1 atom stereocenters. The van der Waals surface area contributed by atoms with E-state index in [1.165, 1.54) is 0 Å². The van der Waals surface area contributed by atoms with Crippen LogP contribution in [0.4, 0.5) is 0 Å². The third-order valence-corrected chi connectivity index (χ3v) is 1.55. The van der Waals surface area contributed by atoms with Gasteiger partial charge in [-0.25, -0.2) is 0 Å². The molecule has 9 heavy (non-hydrogen) atoms. The van der Waals surface area contributed by atoms with Gasteiger partial charge in [-0.05, 0) is 19.1 Å². The number of rotatable bonds is 1. The molecule has 2 heteroatoms. The van der Waals surface area contributed by atoms with Gasteiger partial charge in [0, 0.05) is 0 Å². The molecule has 0 N–H and O–H groups in total. The molecule has 1 aliphatic heterocycles. The minimum absolute atomic E-state index is 0.198. The Hall–Kier alpha value is -0.600. The number of allylic oxidation sites excluding steroid dienone is 2. The number of nitrogens with zero attached hydrogens (tertiary/aromatic N) is 1. The Morgan fingerprint density at radius 1 is 1.56 bits per heavy atom. The first kappa shape index (κ1) is 6.52. The molecule has 0 radical (unpaired) electrons. The molecule has 0 bridgehead atoms. The van der Waals surface area contributed by atoms with Crippen molar-refractivity contribution in [3.63, 3.8) is 0 Å². The Balaban J connectivity index is 2.63.